The van der Waals surface area contributed by atoms with Gasteiger partial charge in [-0.05, 0) is 18.2 Å². The minimum atomic E-state index is 0.619. The van der Waals surface area contributed by atoms with Crippen molar-refractivity contribution in [2.45, 2.75) is 55.4 Å². The number of benzene rings is 1. The lowest BCUT2D eigenvalue weighted by Gasteiger charge is -2.02. The second kappa shape index (κ2) is 23.2. The normalized spacial score (nSPS) is 7.05. The topological polar surface area (TPSA) is 37.8 Å². The Hall–Kier alpha value is -1.90. The van der Waals surface area contributed by atoms with Crippen LogP contribution in [0.5, 0.6) is 0 Å². The first-order valence-electron chi connectivity index (χ1n) is 8.04. The molecule has 0 spiro atoms. The summed E-state index contributed by atoms with van der Waals surface area (Å²) in [6.07, 6.45) is 3.41. The molecular weight excluding hydrogens is 258 g/mol. The highest BCUT2D eigenvalue weighted by atomic mass is 15.1. The van der Waals surface area contributed by atoms with Gasteiger partial charge in [0.25, 0.3) is 0 Å². The smallest absolute Gasteiger partial charge is 0.227 e. The highest BCUT2D eigenvalue weighted by Crippen LogP contribution is 2.09. The fraction of sp³-hybridized carbons (Fsp3) is 0.444. The number of para-hydroxylation sites is 1. The van der Waals surface area contributed by atoms with Gasteiger partial charge in [-0.2, -0.15) is 0 Å². The molecule has 0 saturated carbocycles. The highest BCUT2D eigenvalue weighted by Gasteiger charge is 1.92. The average Bonchev–Trinajstić information content (AvgIpc) is 2.64. The van der Waals surface area contributed by atoms with E-state index in [9.17, 15) is 0 Å². The third-order valence-corrected chi connectivity index (χ3v) is 1.60. The van der Waals surface area contributed by atoms with Gasteiger partial charge in [0.05, 0.1) is 0 Å². The molecule has 1 aromatic heterocycles. The second-order valence-electron chi connectivity index (χ2n) is 2.56. The highest BCUT2D eigenvalue weighted by molar-refractivity contribution is 5.52. The Morgan fingerprint density at radius 1 is 0.619 bits per heavy atom. The van der Waals surface area contributed by atoms with Crippen molar-refractivity contribution < 1.29 is 0 Å². The van der Waals surface area contributed by atoms with Gasteiger partial charge in [-0.1, -0.05) is 73.6 Å². The number of rotatable bonds is 2. The molecule has 1 aromatic carbocycles. The zero-order valence-corrected chi connectivity index (χ0v) is 15.0. The molecule has 3 nitrogen and oxygen atoms in total. The molecular formula is C18H33N3. The van der Waals surface area contributed by atoms with E-state index in [0.717, 1.165) is 5.69 Å². The Bertz CT molecular complexity index is 323. The van der Waals surface area contributed by atoms with Crippen LogP contribution in [0.4, 0.5) is 11.6 Å². The number of nitrogens with one attached hydrogen (secondary N) is 1. The van der Waals surface area contributed by atoms with Gasteiger partial charge in [0.2, 0.25) is 5.95 Å². The summed E-state index contributed by atoms with van der Waals surface area (Å²) in [5.74, 6) is 0.619. The minimum absolute atomic E-state index is 0.619. The van der Waals surface area contributed by atoms with Crippen molar-refractivity contribution in [3.8, 4) is 0 Å². The van der Waals surface area contributed by atoms with E-state index in [1.807, 2.05) is 85.7 Å². The number of nitrogens with zero attached hydrogens (tertiary/aromatic N) is 2. The van der Waals surface area contributed by atoms with Gasteiger partial charge in [-0.25, -0.2) is 9.97 Å². The predicted octanol–water partition coefficient (Wildman–Crippen LogP) is 6.33. The Morgan fingerprint density at radius 2 is 1.05 bits per heavy atom. The summed E-state index contributed by atoms with van der Waals surface area (Å²) in [6.45, 7) is 16.0. The van der Waals surface area contributed by atoms with Crippen LogP contribution in [0.1, 0.15) is 55.4 Å². The van der Waals surface area contributed by atoms with Crippen molar-refractivity contribution in [1.29, 1.82) is 0 Å². The van der Waals surface area contributed by atoms with Gasteiger partial charge in [0.15, 0.2) is 0 Å². The van der Waals surface area contributed by atoms with Crippen LogP contribution in [0, 0.1) is 0 Å². The van der Waals surface area contributed by atoms with Crippen LogP contribution < -0.4 is 5.32 Å². The molecule has 0 fully saturated rings. The predicted molar refractivity (Wildman–Crippen MR) is 97.1 cm³/mol. The summed E-state index contributed by atoms with van der Waals surface area (Å²) in [7, 11) is 0. The van der Waals surface area contributed by atoms with Gasteiger partial charge in [-0.15, -0.1) is 0 Å². The Labute approximate surface area is 131 Å². The zero-order valence-electron chi connectivity index (χ0n) is 15.0. The minimum Gasteiger partial charge on any atom is -0.324 e. The summed E-state index contributed by atoms with van der Waals surface area (Å²) in [5.41, 5.74) is 0.994. The van der Waals surface area contributed by atoms with Gasteiger partial charge >= 0.3 is 0 Å². The molecule has 0 aliphatic rings. The van der Waals surface area contributed by atoms with Crippen LogP contribution in [0.25, 0.3) is 0 Å². The second-order valence-corrected chi connectivity index (χ2v) is 2.56. The van der Waals surface area contributed by atoms with Gasteiger partial charge in [0.1, 0.15) is 0 Å². The molecule has 0 amide bonds. The van der Waals surface area contributed by atoms with Crippen LogP contribution in [0.3, 0.4) is 0 Å². The van der Waals surface area contributed by atoms with Crippen molar-refractivity contribution in [2.75, 3.05) is 5.32 Å². The van der Waals surface area contributed by atoms with E-state index in [-0.39, 0.29) is 0 Å². The Morgan fingerprint density at radius 3 is 1.48 bits per heavy atom. The quantitative estimate of drug-likeness (QED) is 0.703. The molecule has 0 radical (unpaired) electrons. The lowest BCUT2D eigenvalue weighted by Crippen LogP contribution is -1.94. The molecule has 0 saturated heterocycles. The summed E-state index contributed by atoms with van der Waals surface area (Å²) in [4.78, 5) is 8.10. The van der Waals surface area contributed by atoms with E-state index in [1.165, 1.54) is 0 Å². The largest absolute Gasteiger partial charge is 0.324 e. The van der Waals surface area contributed by atoms with E-state index < -0.39 is 0 Å². The maximum Gasteiger partial charge on any atom is 0.227 e. The molecule has 2 aromatic rings. The molecule has 2 rings (SSSR count). The first kappa shape index (κ1) is 24.1. The van der Waals surface area contributed by atoms with Gasteiger partial charge < -0.3 is 5.32 Å². The first-order valence-corrected chi connectivity index (χ1v) is 8.04. The van der Waals surface area contributed by atoms with Gasteiger partial charge in [-0.3, -0.25) is 0 Å². The van der Waals surface area contributed by atoms with E-state index in [4.69, 9.17) is 0 Å². The summed E-state index contributed by atoms with van der Waals surface area (Å²) < 4.78 is 0. The maximum atomic E-state index is 4.05. The molecule has 1 heterocycles. The lowest BCUT2D eigenvalue weighted by molar-refractivity contribution is 1.17. The zero-order chi connectivity index (χ0) is 16.9. The molecule has 0 unspecified atom stereocenters. The molecule has 0 atom stereocenters. The summed E-state index contributed by atoms with van der Waals surface area (Å²) in [6, 6.07) is 11.6. The average molecular weight is 291 g/mol. The van der Waals surface area contributed by atoms with E-state index >= 15 is 0 Å². The molecule has 21 heavy (non-hydrogen) atoms. The number of hydrogen-bond acceptors (Lipinski definition) is 3. The standard InChI is InChI=1S/C10H9N3.4C2H6/c1-2-5-9(6-3-1)13-10-11-7-4-8-12-10;4*1-2/h1-8H,(H,11,12,13);4*1-2H3. The van der Waals surface area contributed by atoms with E-state index in [2.05, 4.69) is 15.3 Å². The molecule has 0 aliphatic heterocycles. The van der Waals surface area contributed by atoms with Crippen molar-refractivity contribution >= 4 is 11.6 Å². The van der Waals surface area contributed by atoms with Gasteiger partial charge in [0, 0.05) is 18.1 Å². The van der Waals surface area contributed by atoms with Crippen LogP contribution >= 0.6 is 0 Å². The van der Waals surface area contributed by atoms with Crippen LogP contribution in [0.2, 0.25) is 0 Å². The van der Waals surface area contributed by atoms with Crippen molar-refractivity contribution in [3.05, 3.63) is 48.8 Å². The van der Waals surface area contributed by atoms with Crippen molar-refractivity contribution in [1.82, 2.24) is 9.97 Å². The molecule has 1 N–H and O–H groups in total. The third kappa shape index (κ3) is 14.3. The number of anilines is 2. The van der Waals surface area contributed by atoms with Crippen molar-refractivity contribution in [2.24, 2.45) is 0 Å². The van der Waals surface area contributed by atoms with Crippen LogP contribution in [-0.4, -0.2) is 9.97 Å². The Balaban J connectivity index is -0.000000353. The fourth-order valence-electron chi connectivity index (χ4n) is 1.01. The number of aromatic nitrogens is 2. The van der Waals surface area contributed by atoms with E-state index in [1.54, 1.807) is 18.5 Å². The summed E-state index contributed by atoms with van der Waals surface area (Å²) in [5, 5.41) is 3.08. The maximum absolute atomic E-state index is 4.05. The third-order valence-electron chi connectivity index (χ3n) is 1.60. The fourth-order valence-corrected chi connectivity index (χ4v) is 1.01. The summed E-state index contributed by atoms with van der Waals surface area (Å²) >= 11 is 0. The van der Waals surface area contributed by atoms with Crippen LogP contribution in [0.15, 0.2) is 48.8 Å². The molecule has 0 bridgehead atoms. The molecule has 120 valence electrons. The number of hydrogen-bond donors (Lipinski definition) is 1. The monoisotopic (exact) mass is 291 g/mol. The Kier molecular flexibility index (Phi) is 26.7. The van der Waals surface area contributed by atoms with E-state index in [0.29, 0.717) is 5.95 Å². The van der Waals surface area contributed by atoms with Crippen molar-refractivity contribution in [3.63, 3.8) is 0 Å². The molecule has 0 aliphatic carbocycles. The SMILES string of the molecule is CC.CC.CC.CC.c1ccc(Nc2ncccn2)cc1. The molecule has 3 heteroatoms. The van der Waals surface area contributed by atoms with Crippen LogP contribution in [-0.2, 0) is 0 Å². The lowest BCUT2D eigenvalue weighted by atomic mass is 10.3. The first-order chi connectivity index (χ1) is 10.4.